The van der Waals surface area contributed by atoms with Crippen LogP contribution in [0.4, 0.5) is 0 Å². The Bertz CT molecular complexity index is 720. The monoisotopic (exact) mass is 338 g/mol. The number of carboxylic acids is 1. The van der Waals surface area contributed by atoms with Gasteiger partial charge in [-0.05, 0) is 35.1 Å². The van der Waals surface area contributed by atoms with Crippen LogP contribution in [-0.2, 0) is 14.3 Å². The van der Waals surface area contributed by atoms with Crippen LogP contribution in [-0.4, -0.2) is 23.7 Å². The predicted octanol–water partition coefficient (Wildman–Crippen LogP) is 4.38. The maximum atomic E-state index is 12.0. The SMILES string of the molecule is O=C(O)CCCCCC(=O)OCC1c2ccccc2-c2ccccc21. The van der Waals surface area contributed by atoms with Gasteiger partial charge in [-0.1, -0.05) is 55.0 Å². The van der Waals surface area contributed by atoms with Gasteiger partial charge in [0.05, 0.1) is 0 Å². The summed E-state index contributed by atoms with van der Waals surface area (Å²) in [5.41, 5.74) is 4.84. The van der Waals surface area contributed by atoms with Crippen molar-refractivity contribution in [2.24, 2.45) is 0 Å². The van der Waals surface area contributed by atoms with Gasteiger partial charge < -0.3 is 9.84 Å². The molecule has 0 aliphatic heterocycles. The van der Waals surface area contributed by atoms with Crippen molar-refractivity contribution >= 4 is 11.9 Å². The minimum Gasteiger partial charge on any atom is -0.481 e. The largest absolute Gasteiger partial charge is 0.481 e. The number of hydrogen-bond donors (Lipinski definition) is 1. The molecule has 4 heteroatoms. The fourth-order valence-electron chi connectivity index (χ4n) is 3.41. The van der Waals surface area contributed by atoms with Crippen molar-refractivity contribution in [3.05, 3.63) is 59.7 Å². The molecule has 25 heavy (non-hydrogen) atoms. The van der Waals surface area contributed by atoms with Gasteiger partial charge in [-0.15, -0.1) is 0 Å². The van der Waals surface area contributed by atoms with Crippen molar-refractivity contribution in [3.8, 4) is 11.1 Å². The van der Waals surface area contributed by atoms with Gasteiger partial charge in [0.25, 0.3) is 0 Å². The van der Waals surface area contributed by atoms with Crippen LogP contribution in [0.25, 0.3) is 11.1 Å². The van der Waals surface area contributed by atoms with Crippen molar-refractivity contribution in [1.29, 1.82) is 0 Å². The van der Waals surface area contributed by atoms with E-state index in [9.17, 15) is 9.59 Å². The van der Waals surface area contributed by atoms with E-state index in [-0.39, 0.29) is 18.3 Å². The molecule has 0 bridgehead atoms. The fraction of sp³-hybridized carbons (Fsp3) is 0.333. The van der Waals surface area contributed by atoms with Crippen LogP contribution >= 0.6 is 0 Å². The molecule has 0 saturated carbocycles. The first-order valence-electron chi connectivity index (χ1n) is 8.72. The van der Waals surface area contributed by atoms with Crippen molar-refractivity contribution in [3.63, 3.8) is 0 Å². The van der Waals surface area contributed by atoms with Crippen molar-refractivity contribution in [2.45, 2.75) is 38.0 Å². The van der Waals surface area contributed by atoms with Gasteiger partial charge in [0.15, 0.2) is 0 Å². The molecule has 3 rings (SSSR count). The van der Waals surface area contributed by atoms with E-state index in [1.54, 1.807) is 0 Å². The van der Waals surface area contributed by atoms with E-state index in [2.05, 4.69) is 24.3 Å². The number of esters is 1. The van der Waals surface area contributed by atoms with Crippen LogP contribution in [0.15, 0.2) is 48.5 Å². The number of unbranched alkanes of at least 4 members (excludes halogenated alkanes) is 2. The lowest BCUT2D eigenvalue weighted by molar-refractivity contribution is -0.144. The van der Waals surface area contributed by atoms with Gasteiger partial charge in [0.1, 0.15) is 6.61 Å². The van der Waals surface area contributed by atoms with E-state index in [0.717, 1.165) is 6.42 Å². The molecule has 0 unspecified atom stereocenters. The molecular formula is C21H22O4. The third-order valence-electron chi connectivity index (χ3n) is 4.65. The summed E-state index contributed by atoms with van der Waals surface area (Å²) in [5.74, 6) is -0.915. The molecule has 0 fully saturated rings. The van der Waals surface area contributed by atoms with Gasteiger partial charge in [0.2, 0.25) is 0 Å². The number of carbonyl (C=O) groups is 2. The second-order valence-corrected chi connectivity index (χ2v) is 6.36. The molecule has 0 radical (unpaired) electrons. The van der Waals surface area contributed by atoms with E-state index in [1.165, 1.54) is 22.3 Å². The third-order valence-corrected chi connectivity index (χ3v) is 4.65. The van der Waals surface area contributed by atoms with E-state index in [1.807, 2.05) is 24.3 Å². The Morgan fingerprint density at radius 2 is 1.40 bits per heavy atom. The Kier molecular flexibility index (Phi) is 5.49. The zero-order chi connectivity index (χ0) is 17.6. The summed E-state index contributed by atoms with van der Waals surface area (Å²) in [6, 6.07) is 16.5. The first-order valence-corrected chi connectivity index (χ1v) is 8.72. The highest BCUT2D eigenvalue weighted by Crippen LogP contribution is 2.44. The minimum absolute atomic E-state index is 0.0864. The lowest BCUT2D eigenvalue weighted by Gasteiger charge is -2.14. The summed E-state index contributed by atoms with van der Waals surface area (Å²) in [5, 5.41) is 8.60. The summed E-state index contributed by atoms with van der Waals surface area (Å²) in [7, 11) is 0. The molecule has 0 saturated heterocycles. The van der Waals surface area contributed by atoms with Crippen LogP contribution in [0, 0.1) is 0 Å². The number of rotatable bonds is 8. The number of carboxylic acid groups (broad SMARTS) is 1. The zero-order valence-corrected chi connectivity index (χ0v) is 14.1. The standard InChI is InChI=1S/C21H22O4/c22-20(23)12-2-1-3-13-21(24)25-14-19-17-10-6-4-8-15(17)16-9-5-7-11-18(16)19/h4-11,19H,1-3,12-14H2,(H,22,23). The first-order chi connectivity index (χ1) is 12.2. The molecule has 1 aliphatic rings. The lowest BCUT2D eigenvalue weighted by Crippen LogP contribution is -2.12. The Morgan fingerprint density at radius 1 is 0.840 bits per heavy atom. The normalized spacial score (nSPS) is 12.5. The highest BCUT2D eigenvalue weighted by atomic mass is 16.5. The minimum atomic E-state index is -0.791. The molecule has 4 nitrogen and oxygen atoms in total. The quantitative estimate of drug-likeness (QED) is 0.573. The molecule has 130 valence electrons. The van der Waals surface area contributed by atoms with Crippen molar-refractivity contribution < 1.29 is 19.4 Å². The van der Waals surface area contributed by atoms with Crippen LogP contribution < -0.4 is 0 Å². The third kappa shape index (κ3) is 4.08. The fourth-order valence-corrected chi connectivity index (χ4v) is 3.41. The predicted molar refractivity (Wildman–Crippen MR) is 95.4 cm³/mol. The summed E-state index contributed by atoms with van der Waals surface area (Å²) in [6.45, 7) is 0.349. The maximum absolute atomic E-state index is 12.0. The smallest absolute Gasteiger partial charge is 0.305 e. The molecule has 2 aromatic carbocycles. The number of benzene rings is 2. The Labute approximate surface area is 147 Å². The number of aliphatic carboxylic acids is 1. The number of hydrogen-bond acceptors (Lipinski definition) is 3. The second kappa shape index (κ2) is 7.97. The van der Waals surface area contributed by atoms with Gasteiger partial charge in [-0.2, -0.15) is 0 Å². The highest BCUT2D eigenvalue weighted by molar-refractivity contribution is 5.79. The Morgan fingerprint density at radius 3 is 2.00 bits per heavy atom. The van der Waals surface area contributed by atoms with Crippen LogP contribution in [0.1, 0.15) is 49.1 Å². The van der Waals surface area contributed by atoms with Gasteiger partial charge in [-0.25, -0.2) is 0 Å². The van der Waals surface area contributed by atoms with Crippen molar-refractivity contribution in [2.75, 3.05) is 6.61 Å². The number of ether oxygens (including phenoxy) is 1. The topological polar surface area (TPSA) is 63.6 Å². The van der Waals surface area contributed by atoms with Crippen LogP contribution in [0.3, 0.4) is 0 Å². The Balaban J connectivity index is 1.55. The first kappa shape index (κ1) is 17.2. The van der Waals surface area contributed by atoms with Crippen LogP contribution in [0.2, 0.25) is 0 Å². The number of carbonyl (C=O) groups excluding carboxylic acids is 1. The molecule has 0 spiro atoms. The highest BCUT2D eigenvalue weighted by Gasteiger charge is 2.28. The molecule has 0 amide bonds. The Hall–Kier alpha value is -2.62. The van der Waals surface area contributed by atoms with E-state index in [0.29, 0.717) is 25.9 Å². The molecule has 0 aromatic heterocycles. The molecule has 0 atom stereocenters. The van der Waals surface area contributed by atoms with Crippen molar-refractivity contribution in [1.82, 2.24) is 0 Å². The molecule has 1 N–H and O–H groups in total. The zero-order valence-electron chi connectivity index (χ0n) is 14.1. The molecule has 0 heterocycles. The second-order valence-electron chi connectivity index (χ2n) is 6.36. The van der Waals surface area contributed by atoms with Crippen LogP contribution in [0.5, 0.6) is 0 Å². The average Bonchev–Trinajstić information content (AvgIpc) is 2.93. The van der Waals surface area contributed by atoms with E-state index in [4.69, 9.17) is 9.84 Å². The summed E-state index contributed by atoms with van der Waals surface area (Å²) in [4.78, 5) is 22.4. The lowest BCUT2D eigenvalue weighted by atomic mass is 9.98. The van der Waals surface area contributed by atoms with E-state index >= 15 is 0 Å². The maximum Gasteiger partial charge on any atom is 0.305 e. The number of fused-ring (bicyclic) bond motifs is 3. The summed E-state index contributed by atoms with van der Waals surface area (Å²) < 4.78 is 5.51. The summed E-state index contributed by atoms with van der Waals surface area (Å²) in [6.07, 6.45) is 2.51. The average molecular weight is 338 g/mol. The molecule has 1 aliphatic carbocycles. The van der Waals surface area contributed by atoms with Gasteiger partial charge in [-0.3, -0.25) is 9.59 Å². The summed E-state index contributed by atoms with van der Waals surface area (Å²) >= 11 is 0. The van der Waals surface area contributed by atoms with Gasteiger partial charge >= 0.3 is 11.9 Å². The molecular weight excluding hydrogens is 316 g/mol. The van der Waals surface area contributed by atoms with Gasteiger partial charge in [0, 0.05) is 18.8 Å². The van der Waals surface area contributed by atoms with E-state index < -0.39 is 5.97 Å². The molecule has 2 aromatic rings.